The lowest BCUT2D eigenvalue weighted by Gasteiger charge is -2.14. The van der Waals surface area contributed by atoms with Gasteiger partial charge in [-0.25, -0.2) is 4.98 Å². The number of aromatic nitrogens is 2. The van der Waals surface area contributed by atoms with Gasteiger partial charge in [0.05, 0.1) is 23.9 Å². The number of ether oxygens (including phenoxy) is 2. The Kier molecular flexibility index (Phi) is 6.61. The summed E-state index contributed by atoms with van der Waals surface area (Å²) in [5.74, 6) is -0.835. The Labute approximate surface area is 202 Å². The zero-order chi connectivity index (χ0) is 22.8. The van der Waals surface area contributed by atoms with Crippen LogP contribution in [0.4, 0.5) is 10.1 Å². The predicted molar refractivity (Wildman–Crippen MR) is 127 cm³/mol. The Hall–Kier alpha value is -2.72. The van der Waals surface area contributed by atoms with Gasteiger partial charge in [-0.1, -0.05) is 41.6 Å². The third kappa shape index (κ3) is 4.71. The Morgan fingerprint density at radius 2 is 1.91 bits per heavy atom. The van der Waals surface area contributed by atoms with Gasteiger partial charge in [0.1, 0.15) is 0 Å². The minimum Gasteiger partial charge on any atom is -0.493 e. The van der Waals surface area contributed by atoms with E-state index in [1.807, 2.05) is 0 Å². The molecule has 1 fully saturated rings. The zero-order valence-electron chi connectivity index (χ0n) is 16.2. The largest absolute Gasteiger partial charge is 0.493 e. The number of nitrogens with zero attached hydrogens (tertiary/aromatic N) is 3. The van der Waals surface area contributed by atoms with Crippen LogP contribution in [0.3, 0.4) is 0 Å². The highest BCUT2D eigenvalue weighted by molar-refractivity contribution is 8.27. The van der Waals surface area contributed by atoms with Gasteiger partial charge >= 0.3 is 0 Å². The van der Waals surface area contributed by atoms with Gasteiger partial charge in [0.25, 0.3) is 11.8 Å². The fraction of sp³-hybridized carbons (Fsp3) is 0.0476. The Balaban J connectivity index is 1.60. The second kappa shape index (κ2) is 9.41. The summed E-state index contributed by atoms with van der Waals surface area (Å²) in [5.41, 5.74) is 1.29. The summed E-state index contributed by atoms with van der Waals surface area (Å²) in [5, 5.41) is 0.410. The van der Waals surface area contributed by atoms with Crippen molar-refractivity contribution in [2.24, 2.45) is 0 Å². The van der Waals surface area contributed by atoms with E-state index in [1.165, 1.54) is 23.8 Å². The predicted octanol–water partition coefficient (Wildman–Crippen LogP) is 6.13. The van der Waals surface area contributed by atoms with Gasteiger partial charge in [-0.3, -0.25) is 9.69 Å². The maximum absolute atomic E-state index is 13.9. The summed E-state index contributed by atoms with van der Waals surface area (Å²) in [6.45, 7) is 0. The van der Waals surface area contributed by atoms with E-state index in [9.17, 15) is 9.18 Å². The van der Waals surface area contributed by atoms with Crippen molar-refractivity contribution in [1.82, 2.24) is 9.97 Å². The molecule has 11 heteroatoms. The molecule has 162 valence electrons. The van der Waals surface area contributed by atoms with E-state index in [-0.39, 0.29) is 22.8 Å². The highest BCUT2D eigenvalue weighted by Gasteiger charge is 2.33. The molecule has 4 rings (SSSR count). The van der Waals surface area contributed by atoms with Crippen LogP contribution >= 0.6 is 47.2 Å². The minimum absolute atomic E-state index is 0.153. The number of rotatable bonds is 5. The number of methoxy groups -OCH3 is 1. The quantitative estimate of drug-likeness (QED) is 0.233. The lowest BCUT2D eigenvalue weighted by Crippen LogP contribution is -2.27. The number of benzene rings is 2. The minimum atomic E-state index is -0.772. The fourth-order valence-corrected chi connectivity index (χ4v) is 4.35. The van der Waals surface area contributed by atoms with Crippen LogP contribution in [0.2, 0.25) is 10.3 Å². The standard InChI is InChI=1S/C21H12Cl2FN3O3S2/c1-29-16-8-11(2-7-15(16)30-18-14(24)10-25-20(23)26-18)9-17-19(28)27(21(31)32-17)13-5-3-12(22)4-6-13/h2-10H,1H3/b17-9+. The van der Waals surface area contributed by atoms with E-state index in [4.69, 9.17) is 44.9 Å². The van der Waals surface area contributed by atoms with Gasteiger partial charge in [-0.05, 0) is 59.6 Å². The molecule has 3 aromatic rings. The lowest BCUT2D eigenvalue weighted by molar-refractivity contribution is -0.113. The number of carbonyl (C=O) groups excluding carboxylic acids is 1. The van der Waals surface area contributed by atoms with Gasteiger partial charge in [-0.15, -0.1) is 0 Å². The maximum atomic E-state index is 13.9. The van der Waals surface area contributed by atoms with Gasteiger partial charge in [0.2, 0.25) is 11.1 Å². The number of carbonyl (C=O) groups is 1. The smallest absolute Gasteiger partial charge is 0.270 e. The van der Waals surface area contributed by atoms with E-state index < -0.39 is 5.82 Å². The summed E-state index contributed by atoms with van der Waals surface area (Å²) in [6.07, 6.45) is 2.60. The number of thiocarbonyl (C=S) groups is 1. The summed E-state index contributed by atoms with van der Waals surface area (Å²) in [4.78, 5) is 22.1. The van der Waals surface area contributed by atoms with Gasteiger partial charge < -0.3 is 9.47 Å². The van der Waals surface area contributed by atoms with Crippen molar-refractivity contribution < 1.29 is 18.7 Å². The van der Waals surface area contributed by atoms with E-state index in [0.717, 1.165) is 6.20 Å². The first kappa shape index (κ1) is 22.5. The summed E-state index contributed by atoms with van der Waals surface area (Å²) in [7, 11) is 1.44. The number of hydrogen-bond acceptors (Lipinski definition) is 7. The average molecular weight is 508 g/mol. The topological polar surface area (TPSA) is 64.5 Å². The normalized spacial score (nSPS) is 14.9. The average Bonchev–Trinajstić information content (AvgIpc) is 3.05. The molecule has 1 aliphatic rings. The Morgan fingerprint density at radius 3 is 2.62 bits per heavy atom. The first-order chi connectivity index (χ1) is 15.4. The van der Waals surface area contributed by atoms with Crippen LogP contribution in [0.1, 0.15) is 5.56 Å². The molecule has 0 spiro atoms. The monoisotopic (exact) mass is 507 g/mol. The van der Waals surface area contributed by atoms with Crippen LogP contribution in [-0.4, -0.2) is 27.3 Å². The zero-order valence-corrected chi connectivity index (χ0v) is 19.4. The second-order valence-electron chi connectivity index (χ2n) is 6.30. The van der Waals surface area contributed by atoms with Crippen LogP contribution in [0.25, 0.3) is 6.08 Å². The molecule has 1 aromatic heterocycles. The second-order valence-corrected chi connectivity index (χ2v) is 8.75. The molecule has 0 aliphatic carbocycles. The van der Waals surface area contributed by atoms with Crippen molar-refractivity contribution in [2.75, 3.05) is 12.0 Å². The van der Waals surface area contributed by atoms with Crippen LogP contribution in [-0.2, 0) is 4.79 Å². The molecule has 6 nitrogen and oxygen atoms in total. The van der Waals surface area contributed by atoms with Crippen molar-refractivity contribution in [3.63, 3.8) is 0 Å². The molecule has 1 saturated heterocycles. The molecule has 0 bridgehead atoms. The molecule has 2 heterocycles. The summed E-state index contributed by atoms with van der Waals surface area (Å²) < 4.78 is 25.1. The highest BCUT2D eigenvalue weighted by Crippen LogP contribution is 2.38. The molecule has 0 saturated carbocycles. The third-order valence-electron chi connectivity index (χ3n) is 4.25. The van der Waals surface area contributed by atoms with Gasteiger partial charge in [-0.2, -0.15) is 9.37 Å². The first-order valence-electron chi connectivity index (χ1n) is 8.93. The molecule has 1 aliphatic heterocycles. The summed E-state index contributed by atoms with van der Waals surface area (Å²) >= 11 is 18.2. The van der Waals surface area contributed by atoms with Crippen molar-refractivity contribution in [3.05, 3.63) is 75.3 Å². The number of thioether (sulfide) groups is 1. The molecule has 1 amide bonds. The molecule has 32 heavy (non-hydrogen) atoms. The van der Waals surface area contributed by atoms with Gasteiger partial charge in [0, 0.05) is 5.02 Å². The van der Waals surface area contributed by atoms with Crippen LogP contribution < -0.4 is 14.4 Å². The number of anilines is 1. The van der Waals surface area contributed by atoms with E-state index in [1.54, 1.807) is 48.5 Å². The molecule has 0 atom stereocenters. The Bertz CT molecular complexity index is 1260. The van der Waals surface area contributed by atoms with Crippen molar-refractivity contribution >= 4 is 69.2 Å². The molecule has 0 radical (unpaired) electrons. The molecule has 0 unspecified atom stereocenters. The molecule has 0 N–H and O–H groups in total. The van der Waals surface area contributed by atoms with Crippen LogP contribution in [0, 0.1) is 5.82 Å². The highest BCUT2D eigenvalue weighted by atomic mass is 35.5. The van der Waals surface area contributed by atoms with Crippen molar-refractivity contribution in [3.8, 4) is 17.4 Å². The number of hydrogen-bond donors (Lipinski definition) is 0. The van der Waals surface area contributed by atoms with Gasteiger partial charge in [0.15, 0.2) is 15.8 Å². The third-order valence-corrected chi connectivity index (χ3v) is 5.99. The SMILES string of the molecule is COc1cc(/C=C2/SC(=S)N(c3ccc(Cl)cc3)C2=O)ccc1Oc1nc(Cl)ncc1F. The molecular formula is C21H12Cl2FN3O3S2. The van der Waals surface area contributed by atoms with Crippen molar-refractivity contribution in [2.45, 2.75) is 0 Å². The Morgan fingerprint density at radius 1 is 1.16 bits per heavy atom. The number of halogens is 3. The van der Waals surface area contributed by atoms with Crippen molar-refractivity contribution in [1.29, 1.82) is 0 Å². The molecule has 2 aromatic carbocycles. The summed E-state index contributed by atoms with van der Waals surface area (Å²) in [6, 6.07) is 11.7. The lowest BCUT2D eigenvalue weighted by atomic mass is 10.2. The van der Waals surface area contributed by atoms with Crippen LogP contribution in [0.5, 0.6) is 17.4 Å². The first-order valence-corrected chi connectivity index (χ1v) is 10.9. The van der Waals surface area contributed by atoms with E-state index >= 15 is 0 Å². The maximum Gasteiger partial charge on any atom is 0.270 e. The molecular weight excluding hydrogens is 496 g/mol. The van der Waals surface area contributed by atoms with Crippen LogP contribution in [0.15, 0.2) is 53.6 Å². The fourth-order valence-electron chi connectivity index (χ4n) is 2.80. The van der Waals surface area contributed by atoms with E-state index in [2.05, 4.69) is 9.97 Å². The van der Waals surface area contributed by atoms with E-state index in [0.29, 0.717) is 31.2 Å². The number of amides is 1.